The van der Waals surface area contributed by atoms with Crippen molar-refractivity contribution in [2.75, 3.05) is 24.1 Å². The first kappa shape index (κ1) is 18.9. The van der Waals surface area contributed by atoms with Gasteiger partial charge in [0.25, 0.3) is 0 Å². The van der Waals surface area contributed by atoms with Gasteiger partial charge in [0.2, 0.25) is 17.8 Å². The van der Waals surface area contributed by atoms with Crippen LogP contribution >= 0.6 is 0 Å². The maximum atomic E-state index is 12.7. The number of aromatic nitrogens is 4. The predicted molar refractivity (Wildman–Crippen MR) is 107 cm³/mol. The van der Waals surface area contributed by atoms with Crippen molar-refractivity contribution in [2.45, 2.75) is 64.1 Å². The number of aliphatic hydroxyl groups excluding tert-OH is 1. The number of anilines is 2. The molecule has 0 spiro atoms. The zero-order valence-corrected chi connectivity index (χ0v) is 16.5. The van der Waals surface area contributed by atoms with Crippen molar-refractivity contribution in [2.24, 2.45) is 5.92 Å². The fourth-order valence-electron chi connectivity index (χ4n) is 4.38. The van der Waals surface area contributed by atoms with Gasteiger partial charge in [-0.2, -0.15) is 4.98 Å². The van der Waals surface area contributed by atoms with E-state index in [9.17, 15) is 9.90 Å². The molecule has 3 heterocycles. The van der Waals surface area contributed by atoms with Gasteiger partial charge in [0, 0.05) is 31.1 Å². The van der Waals surface area contributed by atoms with Crippen LogP contribution in [0.5, 0.6) is 0 Å². The summed E-state index contributed by atoms with van der Waals surface area (Å²) >= 11 is 0. The third-order valence-corrected chi connectivity index (χ3v) is 5.76. The van der Waals surface area contributed by atoms with Crippen LogP contribution in [0.2, 0.25) is 0 Å². The van der Waals surface area contributed by atoms with Crippen molar-refractivity contribution in [1.82, 2.24) is 24.4 Å². The molecule has 9 heteroatoms. The van der Waals surface area contributed by atoms with Gasteiger partial charge in [-0.15, -0.1) is 0 Å². The Bertz CT molecular complexity index is 857. The molecule has 1 saturated carbocycles. The van der Waals surface area contributed by atoms with Crippen molar-refractivity contribution < 1.29 is 9.90 Å². The number of nitrogens with zero attached hydrogens (tertiary/aromatic N) is 5. The molecular weight excluding hydrogens is 358 g/mol. The Morgan fingerprint density at radius 1 is 1.25 bits per heavy atom. The van der Waals surface area contributed by atoms with E-state index in [-0.39, 0.29) is 30.0 Å². The third-order valence-electron chi connectivity index (χ3n) is 5.76. The maximum Gasteiger partial charge on any atom is 0.225 e. The highest BCUT2D eigenvalue weighted by atomic mass is 16.3. The summed E-state index contributed by atoms with van der Waals surface area (Å²) in [6.45, 7) is 5.22. The Morgan fingerprint density at radius 2 is 2.00 bits per heavy atom. The van der Waals surface area contributed by atoms with Gasteiger partial charge in [0.15, 0.2) is 5.65 Å². The molecule has 1 aliphatic carbocycles. The molecule has 1 atom stereocenters. The van der Waals surface area contributed by atoms with E-state index in [1.165, 1.54) is 0 Å². The second kappa shape index (κ2) is 7.54. The molecule has 0 bridgehead atoms. The number of hydrogen-bond acceptors (Lipinski definition) is 7. The molecular formula is C19H29N7O2. The monoisotopic (exact) mass is 387 g/mol. The highest BCUT2D eigenvalue weighted by Gasteiger charge is 2.34. The summed E-state index contributed by atoms with van der Waals surface area (Å²) in [7, 11) is 0. The number of nitrogen functional groups attached to an aromatic ring is 1. The van der Waals surface area contributed by atoms with Crippen LogP contribution in [-0.4, -0.2) is 60.7 Å². The fourth-order valence-corrected chi connectivity index (χ4v) is 4.38. The second-order valence-electron chi connectivity index (χ2n) is 8.27. The molecule has 1 amide bonds. The molecule has 152 valence electrons. The number of rotatable bonds is 4. The molecule has 2 aromatic heterocycles. The van der Waals surface area contributed by atoms with Crippen molar-refractivity contribution in [1.29, 1.82) is 0 Å². The number of carbonyl (C=O) groups excluding carboxylic acids is 1. The van der Waals surface area contributed by atoms with Gasteiger partial charge in [0.1, 0.15) is 5.52 Å². The quantitative estimate of drug-likeness (QED) is 0.727. The summed E-state index contributed by atoms with van der Waals surface area (Å²) in [5.74, 6) is 1.23. The van der Waals surface area contributed by atoms with Crippen LogP contribution in [0, 0.1) is 5.92 Å². The van der Waals surface area contributed by atoms with Crippen LogP contribution in [0.1, 0.15) is 52.0 Å². The van der Waals surface area contributed by atoms with Crippen LogP contribution in [0.3, 0.4) is 0 Å². The number of nitrogens with one attached hydrogen (secondary N) is 1. The van der Waals surface area contributed by atoms with Crippen LogP contribution in [-0.2, 0) is 4.79 Å². The average Bonchev–Trinajstić information content (AvgIpc) is 3.23. The van der Waals surface area contributed by atoms with Crippen LogP contribution in [0.15, 0.2) is 6.20 Å². The number of fused-ring (bicyclic) bond motifs is 1. The summed E-state index contributed by atoms with van der Waals surface area (Å²) in [4.78, 5) is 27.9. The molecule has 0 unspecified atom stereocenters. The van der Waals surface area contributed by atoms with Gasteiger partial charge in [-0.1, -0.05) is 0 Å². The number of β-amino-alcohol motifs (C(OH)–C–C–N with tert-alkyl or cyclic N) is 1. The Morgan fingerprint density at radius 3 is 2.64 bits per heavy atom. The topological polar surface area (TPSA) is 122 Å². The molecule has 2 aliphatic rings. The summed E-state index contributed by atoms with van der Waals surface area (Å²) in [6, 6.07) is 0.414. The average molecular weight is 387 g/mol. The highest BCUT2D eigenvalue weighted by molar-refractivity contribution is 5.79. The summed E-state index contributed by atoms with van der Waals surface area (Å²) in [6.07, 6.45) is 5.37. The van der Waals surface area contributed by atoms with Crippen LogP contribution in [0.4, 0.5) is 11.9 Å². The predicted octanol–water partition coefficient (Wildman–Crippen LogP) is 1.55. The maximum absolute atomic E-state index is 12.7. The van der Waals surface area contributed by atoms with Crippen molar-refractivity contribution in [3.05, 3.63) is 6.20 Å². The van der Waals surface area contributed by atoms with Gasteiger partial charge in [-0.05, 0) is 46.0 Å². The molecule has 0 radical (unpaired) electrons. The first-order valence-electron chi connectivity index (χ1n) is 10.2. The Hall–Kier alpha value is -2.42. The highest BCUT2D eigenvalue weighted by Crippen LogP contribution is 2.36. The van der Waals surface area contributed by atoms with E-state index >= 15 is 0 Å². The van der Waals surface area contributed by atoms with Gasteiger partial charge >= 0.3 is 0 Å². The molecule has 9 nitrogen and oxygen atoms in total. The van der Waals surface area contributed by atoms with E-state index in [0.717, 1.165) is 31.3 Å². The molecule has 2 aromatic rings. The first-order chi connectivity index (χ1) is 13.4. The minimum atomic E-state index is -0.370. The zero-order valence-electron chi connectivity index (χ0n) is 16.5. The van der Waals surface area contributed by atoms with E-state index in [1.807, 2.05) is 23.3 Å². The standard InChI is InChI=1S/C19H29N7O2/c1-11(2)22-19-21-9-15-16(24-19)26(18(20)23-15)13-5-3-12(4-6-13)17(28)25-8-7-14(27)10-25/h9,11-14,27H,3-8,10H2,1-2H3,(H2,20,23)(H,21,22,24)/t12?,13?,14-/m1/s1. The van der Waals surface area contributed by atoms with Gasteiger partial charge in [-0.25, -0.2) is 9.97 Å². The van der Waals surface area contributed by atoms with E-state index in [2.05, 4.69) is 20.3 Å². The minimum absolute atomic E-state index is 0.0327. The lowest BCUT2D eigenvalue weighted by Crippen LogP contribution is -2.37. The lowest BCUT2D eigenvalue weighted by atomic mass is 9.85. The lowest BCUT2D eigenvalue weighted by molar-refractivity contribution is -0.136. The molecule has 2 fully saturated rings. The number of hydrogen-bond donors (Lipinski definition) is 3. The Balaban J connectivity index is 1.49. The molecule has 1 saturated heterocycles. The van der Waals surface area contributed by atoms with Crippen LogP contribution < -0.4 is 11.1 Å². The summed E-state index contributed by atoms with van der Waals surface area (Å²) < 4.78 is 2.00. The number of imidazole rings is 1. The van der Waals surface area contributed by atoms with Gasteiger partial charge < -0.3 is 21.1 Å². The second-order valence-corrected chi connectivity index (χ2v) is 8.27. The molecule has 0 aromatic carbocycles. The smallest absolute Gasteiger partial charge is 0.225 e. The molecule has 1 aliphatic heterocycles. The Kier molecular flexibility index (Phi) is 5.09. The number of amides is 1. The fraction of sp³-hybridized carbons (Fsp3) is 0.684. The largest absolute Gasteiger partial charge is 0.391 e. The summed E-state index contributed by atoms with van der Waals surface area (Å²) in [5.41, 5.74) is 7.64. The number of aliphatic hydroxyl groups is 1. The number of likely N-dealkylation sites (tertiary alicyclic amines) is 1. The molecule has 4 N–H and O–H groups in total. The Labute approximate surface area is 164 Å². The van der Waals surface area contributed by atoms with Crippen molar-refractivity contribution in [3.8, 4) is 0 Å². The van der Waals surface area contributed by atoms with E-state index in [0.29, 0.717) is 36.9 Å². The van der Waals surface area contributed by atoms with Gasteiger partial charge in [0.05, 0.1) is 12.3 Å². The first-order valence-corrected chi connectivity index (χ1v) is 10.2. The van der Waals surface area contributed by atoms with Crippen molar-refractivity contribution in [3.63, 3.8) is 0 Å². The zero-order chi connectivity index (χ0) is 19.8. The number of carbonyl (C=O) groups is 1. The van der Waals surface area contributed by atoms with Crippen molar-refractivity contribution >= 4 is 29.0 Å². The van der Waals surface area contributed by atoms with Crippen LogP contribution in [0.25, 0.3) is 11.2 Å². The van der Waals surface area contributed by atoms with E-state index < -0.39 is 0 Å². The lowest BCUT2D eigenvalue weighted by Gasteiger charge is -2.31. The summed E-state index contributed by atoms with van der Waals surface area (Å²) in [5, 5.41) is 12.9. The minimum Gasteiger partial charge on any atom is -0.391 e. The molecule has 28 heavy (non-hydrogen) atoms. The SMILES string of the molecule is CC(C)Nc1ncc2nc(N)n(C3CCC(C(=O)N4CC[C@@H](O)C4)CC3)c2n1. The normalized spacial score (nSPS) is 25.6. The third kappa shape index (κ3) is 3.63. The molecule has 4 rings (SSSR count). The number of nitrogens with two attached hydrogens (primary N) is 1. The van der Waals surface area contributed by atoms with E-state index in [4.69, 9.17) is 5.73 Å². The van der Waals surface area contributed by atoms with E-state index in [1.54, 1.807) is 6.20 Å². The van der Waals surface area contributed by atoms with Gasteiger partial charge in [-0.3, -0.25) is 9.36 Å².